The molecule has 0 aliphatic heterocycles. The maximum Gasteiger partial charge on any atom is 0.280 e. The molecule has 2 aromatic carbocycles. The predicted molar refractivity (Wildman–Crippen MR) is 108 cm³/mol. The highest BCUT2D eigenvalue weighted by Crippen LogP contribution is 2.26. The molecule has 120 valence electrons. The number of hydrogen-bond acceptors (Lipinski definition) is 0. The third-order valence-electron chi connectivity index (χ3n) is 2.98. The molecule has 0 fully saturated rings. The first kappa shape index (κ1) is 20.4. The lowest BCUT2D eigenvalue weighted by Crippen LogP contribution is -2.34. The molecule has 0 aliphatic rings. The van der Waals surface area contributed by atoms with Gasteiger partial charge in [-0.1, -0.05) is 67.6 Å². The lowest BCUT2D eigenvalue weighted by Gasteiger charge is -2.13. The normalized spacial score (nSPS) is 12.5. The van der Waals surface area contributed by atoms with Crippen LogP contribution >= 0.6 is 55.9 Å². The van der Waals surface area contributed by atoms with E-state index in [0.717, 1.165) is 16.8 Å². The summed E-state index contributed by atoms with van der Waals surface area (Å²) in [5.41, 5.74) is 1.01. The maximum absolute atomic E-state index is 6.15. The van der Waals surface area contributed by atoms with Gasteiger partial charge < -0.3 is 0 Å². The van der Waals surface area contributed by atoms with Gasteiger partial charge in [0.15, 0.2) is 0 Å². The standard InChI is InChI=1S/C8H10Cl2Si.C7H7Cl3Si/c1-2-11(9,10)8-6-4-3-5-7-8;8-7(11(9)10)6-4-2-1-3-5-6/h3-7H,2H2,1H3;1-5,7,11H. The van der Waals surface area contributed by atoms with E-state index >= 15 is 0 Å². The van der Waals surface area contributed by atoms with E-state index < -0.39 is 14.1 Å². The Balaban J connectivity index is 0.000000220. The number of benzene rings is 2. The molecule has 0 nitrogen and oxygen atoms in total. The van der Waals surface area contributed by atoms with Gasteiger partial charge in [0, 0.05) is 0 Å². The highest BCUT2D eigenvalue weighted by Gasteiger charge is 2.27. The van der Waals surface area contributed by atoms with E-state index in [1.807, 2.05) is 67.6 Å². The quantitative estimate of drug-likeness (QED) is 0.315. The lowest BCUT2D eigenvalue weighted by molar-refractivity contribution is 1.34. The summed E-state index contributed by atoms with van der Waals surface area (Å²) >= 11 is 29.7. The largest absolute Gasteiger partial charge is 0.280 e. The summed E-state index contributed by atoms with van der Waals surface area (Å²) in [5.74, 6) is 0. The molecule has 2 rings (SSSR count). The van der Waals surface area contributed by atoms with Crippen molar-refractivity contribution in [1.82, 2.24) is 0 Å². The minimum atomic E-state index is -2.11. The second-order valence-electron chi connectivity index (χ2n) is 4.57. The summed E-state index contributed by atoms with van der Waals surface area (Å²) in [4.78, 5) is 0. The molecule has 0 N–H and O–H groups in total. The van der Waals surface area contributed by atoms with Crippen molar-refractivity contribution in [1.29, 1.82) is 0 Å². The Morgan fingerprint density at radius 1 is 0.909 bits per heavy atom. The van der Waals surface area contributed by atoms with Crippen LogP contribution in [0.2, 0.25) is 6.04 Å². The predicted octanol–water partition coefficient (Wildman–Crippen LogP) is 6.04. The van der Waals surface area contributed by atoms with Crippen LogP contribution in [0.1, 0.15) is 17.5 Å². The van der Waals surface area contributed by atoms with Crippen molar-refractivity contribution < 1.29 is 0 Å². The Morgan fingerprint density at radius 3 is 1.77 bits per heavy atom. The molecule has 1 atom stereocenters. The zero-order valence-electron chi connectivity index (χ0n) is 12.0. The maximum atomic E-state index is 6.15. The molecule has 2 aromatic rings. The molecule has 0 amide bonds. The number of halogens is 5. The minimum absolute atomic E-state index is 0.181. The van der Waals surface area contributed by atoms with E-state index in [9.17, 15) is 0 Å². The van der Waals surface area contributed by atoms with Crippen molar-refractivity contribution in [3.05, 3.63) is 66.2 Å². The van der Waals surface area contributed by atoms with Crippen molar-refractivity contribution in [3.8, 4) is 0 Å². The fourth-order valence-corrected chi connectivity index (χ4v) is 5.04. The highest BCUT2D eigenvalue weighted by atomic mass is 35.7. The zero-order valence-corrected chi connectivity index (χ0v) is 18.0. The molecule has 0 radical (unpaired) electrons. The van der Waals surface area contributed by atoms with E-state index in [1.54, 1.807) is 0 Å². The van der Waals surface area contributed by atoms with E-state index in [0.29, 0.717) is 0 Å². The minimum Gasteiger partial charge on any atom is -0.148 e. The third kappa shape index (κ3) is 6.83. The van der Waals surface area contributed by atoms with Crippen LogP contribution in [0.15, 0.2) is 60.7 Å². The molecule has 0 saturated carbocycles. The molecule has 0 spiro atoms. The first-order chi connectivity index (χ1) is 10.4. The Bertz CT molecular complexity index is 534. The smallest absolute Gasteiger partial charge is 0.148 e. The van der Waals surface area contributed by atoms with Crippen molar-refractivity contribution in [2.45, 2.75) is 18.0 Å². The van der Waals surface area contributed by atoms with Crippen LogP contribution in [0.25, 0.3) is 0 Å². The Hall–Kier alpha value is 0.324. The molecular formula is C15H17Cl5Si2. The van der Waals surface area contributed by atoms with Crippen LogP contribution in [-0.4, -0.2) is 14.1 Å². The first-order valence-electron chi connectivity index (χ1n) is 6.79. The van der Waals surface area contributed by atoms with Crippen LogP contribution in [0.5, 0.6) is 0 Å². The Morgan fingerprint density at radius 2 is 1.36 bits per heavy atom. The number of hydrogen-bond donors (Lipinski definition) is 0. The van der Waals surface area contributed by atoms with E-state index in [1.165, 1.54) is 0 Å². The van der Waals surface area contributed by atoms with E-state index in [2.05, 4.69) is 0 Å². The Labute approximate surface area is 158 Å². The van der Waals surface area contributed by atoms with Gasteiger partial charge in [0.1, 0.15) is 0 Å². The van der Waals surface area contributed by atoms with Crippen LogP contribution in [0.3, 0.4) is 0 Å². The van der Waals surface area contributed by atoms with Gasteiger partial charge in [-0.15, -0.1) is 55.9 Å². The summed E-state index contributed by atoms with van der Waals surface area (Å²) in [6.07, 6.45) is 0. The van der Waals surface area contributed by atoms with Gasteiger partial charge in [0.25, 0.3) is 14.1 Å². The second kappa shape index (κ2) is 10.2. The molecule has 22 heavy (non-hydrogen) atoms. The fraction of sp³-hybridized carbons (Fsp3) is 0.200. The van der Waals surface area contributed by atoms with Gasteiger partial charge in [-0.2, -0.15) is 0 Å². The van der Waals surface area contributed by atoms with Crippen LogP contribution < -0.4 is 5.19 Å². The van der Waals surface area contributed by atoms with Crippen molar-refractivity contribution in [2.75, 3.05) is 0 Å². The van der Waals surface area contributed by atoms with Gasteiger partial charge >= 0.3 is 0 Å². The average Bonchev–Trinajstić information content (AvgIpc) is 2.56. The van der Waals surface area contributed by atoms with Gasteiger partial charge in [-0.05, 0) is 16.8 Å². The average molecular weight is 431 g/mol. The summed E-state index contributed by atoms with van der Waals surface area (Å²) in [5, 5.41) is 0.922. The molecular weight excluding hydrogens is 414 g/mol. The molecule has 0 saturated heterocycles. The first-order valence-corrected chi connectivity index (χ1v) is 15.6. The van der Waals surface area contributed by atoms with Gasteiger partial charge in [-0.3, -0.25) is 0 Å². The molecule has 1 unspecified atom stereocenters. The lowest BCUT2D eigenvalue weighted by atomic mass is 10.2. The van der Waals surface area contributed by atoms with Crippen LogP contribution in [0.4, 0.5) is 0 Å². The van der Waals surface area contributed by atoms with Crippen molar-refractivity contribution in [2.24, 2.45) is 0 Å². The number of alkyl halides is 1. The highest BCUT2D eigenvalue weighted by molar-refractivity contribution is 7.50. The summed E-state index contributed by atoms with van der Waals surface area (Å²) in [6.45, 7) is -0.0819. The third-order valence-corrected chi connectivity index (χ3v) is 12.1. The molecule has 0 aromatic heterocycles. The summed E-state index contributed by atoms with van der Waals surface area (Å²) in [7, 11) is -1.78. The summed E-state index contributed by atoms with van der Waals surface area (Å²) < 4.78 is 0. The Kier molecular flexibility index (Phi) is 9.48. The number of rotatable bonds is 4. The zero-order chi connectivity index (χ0) is 16.6. The second-order valence-corrected chi connectivity index (χ2v) is 17.4. The van der Waals surface area contributed by atoms with Gasteiger partial charge in [-0.25, -0.2) is 0 Å². The van der Waals surface area contributed by atoms with E-state index in [-0.39, 0.29) is 5.00 Å². The van der Waals surface area contributed by atoms with Crippen molar-refractivity contribution >= 4 is 75.2 Å². The van der Waals surface area contributed by atoms with E-state index in [4.69, 9.17) is 55.9 Å². The molecule has 7 heteroatoms. The summed E-state index contributed by atoms with van der Waals surface area (Å²) in [6, 6.07) is 20.4. The topological polar surface area (TPSA) is 0 Å². The monoisotopic (exact) mass is 428 g/mol. The fourth-order valence-electron chi connectivity index (χ4n) is 1.67. The molecule has 0 aliphatic carbocycles. The van der Waals surface area contributed by atoms with Gasteiger partial charge in [0.2, 0.25) is 0 Å². The van der Waals surface area contributed by atoms with Crippen LogP contribution in [-0.2, 0) is 0 Å². The van der Waals surface area contributed by atoms with Gasteiger partial charge in [0.05, 0.1) is 5.00 Å². The molecule has 0 heterocycles. The van der Waals surface area contributed by atoms with Crippen molar-refractivity contribution in [3.63, 3.8) is 0 Å². The van der Waals surface area contributed by atoms with Crippen LogP contribution in [0, 0.1) is 0 Å². The SMILES string of the molecule is CC[Si](Cl)(Cl)c1ccccc1.ClC(c1ccccc1)[SiH](Cl)Cl. The molecule has 0 bridgehead atoms.